The Hall–Kier alpha value is -6.44. The zero-order valence-corrected chi connectivity index (χ0v) is 30.0. The second-order valence-corrected chi connectivity index (χ2v) is 14.9. The highest BCUT2D eigenvalue weighted by atomic mass is 15.2. The molecule has 0 saturated heterocycles. The summed E-state index contributed by atoms with van der Waals surface area (Å²) in [6.45, 7) is 4.77. The van der Waals surface area contributed by atoms with Crippen molar-refractivity contribution in [3.05, 3.63) is 234 Å². The molecule has 0 spiro atoms. The highest BCUT2D eigenvalue weighted by molar-refractivity contribution is 5.94. The lowest BCUT2D eigenvalue weighted by molar-refractivity contribution is 0.632. The van der Waals surface area contributed by atoms with Crippen molar-refractivity contribution in [3.8, 4) is 33.4 Å². The Bertz CT molecular complexity index is 2580. The summed E-state index contributed by atoms with van der Waals surface area (Å²) >= 11 is 0. The van der Waals surface area contributed by atoms with Gasteiger partial charge >= 0.3 is 0 Å². The molecule has 0 aromatic heterocycles. The molecule has 0 unspecified atom stereocenters. The maximum Gasteiger partial charge on any atom is 0.0719 e. The third kappa shape index (κ3) is 4.64. The monoisotopic (exact) mass is 677 g/mol. The van der Waals surface area contributed by atoms with Crippen LogP contribution in [-0.2, 0) is 10.8 Å². The highest BCUT2D eigenvalue weighted by Gasteiger charge is 2.47. The van der Waals surface area contributed by atoms with E-state index in [0.717, 1.165) is 5.69 Å². The quantitative estimate of drug-likeness (QED) is 0.175. The first-order chi connectivity index (χ1) is 26.1. The minimum absolute atomic E-state index is 0.223. The molecule has 8 aromatic rings. The predicted octanol–water partition coefficient (Wildman–Crippen LogP) is 13.5. The Morgan fingerprint density at radius 3 is 1.57 bits per heavy atom. The highest BCUT2D eigenvalue weighted by Crippen LogP contribution is 2.59. The van der Waals surface area contributed by atoms with Crippen molar-refractivity contribution in [2.75, 3.05) is 4.90 Å². The van der Waals surface area contributed by atoms with Gasteiger partial charge in [0.05, 0.1) is 16.8 Å². The summed E-state index contributed by atoms with van der Waals surface area (Å²) in [6.07, 6.45) is 0. The van der Waals surface area contributed by atoms with E-state index in [0.29, 0.717) is 0 Å². The van der Waals surface area contributed by atoms with Crippen LogP contribution in [0, 0.1) is 0 Å². The van der Waals surface area contributed by atoms with Gasteiger partial charge in [-0.3, -0.25) is 0 Å². The molecule has 1 aliphatic carbocycles. The molecule has 1 aliphatic heterocycles. The average molecular weight is 678 g/mol. The van der Waals surface area contributed by atoms with E-state index in [9.17, 15) is 0 Å². The molecule has 1 nitrogen and oxygen atoms in total. The molecule has 1 heterocycles. The number of nitrogens with zero attached hydrogens (tertiary/aromatic N) is 1. The van der Waals surface area contributed by atoms with Gasteiger partial charge in [0, 0.05) is 11.1 Å². The molecule has 252 valence electrons. The first kappa shape index (κ1) is 31.3. The second-order valence-electron chi connectivity index (χ2n) is 14.9. The van der Waals surface area contributed by atoms with E-state index < -0.39 is 5.41 Å². The molecule has 8 aromatic carbocycles. The van der Waals surface area contributed by atoms with E-state index in [-0.39, 0.29) is 5.41 Å². The van der Waals surface area contributed by atoms with Crippen LogP contribution in [0.2, 0.25) is 0 Å². The summed E-state index contributed by atoms with van der Waals surface area (Å²) in [6, 6.07) is 73.9. The molecule has 1 heteroatoms. The fourth-order valence-corrected chi connectivity index (χ4v) is 9.33. The van der Waals surface area contributed by atoms with Crippen LogP contribution < -0.4 is 4.90 Å². The molecule has 0 atom stereocenters. The summed E-state index contributed by atoms with van der Waals surface area (Å²) < 4.78 is 0. The van der Waals surface area contributed by atoms with Crippen molar-refractivity contribution in [2.24, 2.45) is 0 Å². The van der Waals surface area contributed by atoms with Crippen LogP contribution in [0.5, 0.6) is 0 Å². The van der Waals surface area contributed by atoms with Gasteiger partial charge in [-0.15, -0.1) is 0 Å². The van der Waals surface area contributed by atoms with Gasteiger partial charge in [0.25, 0.3) is 0 Å². The number of fused-ring (bicyclic) bond motifs is 5. The summed E-state index contributed by atoms with van der Waals surface area (Å²) in [5.41, 5.74) is 18.3. The van der Waals surface area contributed by atoms with E-state index in [2.05, 4.69) is 219 Å². The molecule has 10 rings (SSSR count). The molecule has 0 saturated carbocycles. The summed E-state index contributed by atoms with van der Waals surface area (Å²) in [5, 5.41) is 0. The first-order valence-electron chi connectivity index (χ1n) is 18.6. The van der Waals surface area contributed by atoms with E-state index in [1.807, 2.05) is 0 Å². The van der Waals surface area contributed by atoms with Gasteiger partial charge in [-0.25, -0.2) is 0 Å². The van der Waals surface area contributed by atoms with Gasteiger partial charge in [0.1, 0.15) is 0 Å². The van der Waals surface area contributed by atoms with Crippen LogP contribution in [0.15, 0.2) is 200 Å². The lowest BCUT2D eigenvalue weighted by atomic mass is 9.66. The number of rotatable bonds is 5. The molecule has 0 fully saturated rings. The number of hydrogen-bond donors (Lipinski definition) is 0. The molecule has 0 amide bonds. The van der Waals surface area contributed by atoms with Crippen molar-refractivity contribution < 1.29 is 0 Å². The van der Waals surface area contributed by atoms with Crippen molar-refractivity contribution in [3.63, 3.8) is 0 Å². The zero-order valence-electron chi connectivity index (χ0n) is 30.0. The number of hydrogen-bond acceptors (Lipinski definition) is 1. The van der Waals surface area contributed by atoms with Crippen LogP contribution in [0.25, 0.3) is 33.4 Å². The minimum Gasteiger partial charge on any atom is -0.310 e. The molecular weight excluding hydrogens is 639 g/mol. The SMILES string of the molecule is CC1(C)c2ccccc2N(c2ccc(-c3ccccc3)cc2)c2ccc(-c3cccc4c3C(c3ccccc3)(c3ccccc3)c3ccccc3-4)cc21. The van der Waals surface area contributed by atoms with Gasteiger partial charge in [-0.05, 0) is 97.1 Å². The van der Waals surface area contributed by atoms with Crippen molar-refractivity contribution >= 4 is 17.1 Å². The predicted molar refractivity (Wildman–Crippen MR) is 221 cm³/mol. The summed E-state index contributed by atoms with van der Waals surface area (Å²) in [4.78, 5) is 2.46. The average Bonchev–Trinajstić information content (AvgIpc) is 3.54. The fraction of sp³-hybridized carbons (Fsp3) is 0.0769. The second kappa shape index (κ2) is 12.1. The smallest absolute Gasteiger partial charge is 0.0719 e. The van der Waals surface area contributed by atoms with Gasteiger partial charge in [-0.2, -0.15) is 0 Å². The topological polar surface area (TPSA) is 3.24 Å². The third-order valence-corrected chi connectivity index (χ3v) is 11.7. The maximum atomic E-state index is 2.48. The fourth-order valence-electron chi connectivity index (χ4n) is 9.33. The standard InChI is InChI=1S/C52H39N/c1-51(2)46-27-14-15-28-48(46)53(41-32-29-37(30-33-41)36-17-6-3-7-18-36)49-34-31-38(35-47(49)51)42-24-16-25-44-43-23-12-13-26-45(43)52(50(42)44,39-19-8-4-9-20-39)40-21-10-5-11-22-40/h3-35H,1-2H3. The summed E-state index contributed by atoms with van der Waals surface area (Å²) in [7, 11) is 0. The minimum atomic E-state index is -0.477. The molecule has 0 bridgehead atoms. The van der Waals surface area contributed by atoms with E-state index in [1.165, 1.54) is 78.1 Å². The molecule has 0 radical (unpaired) electrons. The lowest BCUT2D eigenvalue weighted by Gasteiger charge is -2.42. The summed E-state index contributed by atoms with van der Waals surface area (Å²) in [5.74, 6) is 0. The Kier molecular flexibility index (Phi) is 7.13. The maximum absolute atomic E-state index is 2.48. The van der Waals surface area contributed by atoms with Crippen LogP contribution in [0.4, 0.5) is 17.1 Å². The van der Waals surface area contributed by atoms with E-state index in [4.69, 9.17) is 0 Å². The van der Waals surface area contributed by atoms with Gasteiger partial charge in [0.15, 0.2) is 0 Å². The molecule has 53 heavy (non-hydrogen) atoms. The van der Waals surface area contributed by atoms with Crippen LogP contribution in [0.3, 0.4) is 0 Å². The molecule has 0 N–H and O–H groups in total. The molecular formula is C52H39N. The third-order valence-electron chi connectivity index (χ3n) is 11.7. The number of benzene rings is 8. The Labute approximate surface area is 312 Å². The molecule has 2 aliphatic rings. The largest absolute Gasteiger partial charge is 0.310 e. The Balaban J connectivity index is 1.20. The van der Waals surface area contributed by atoms with Crippen molar-refractivity contribution in [2.45, 2.75) is 24.7 Å². The van der Waals surface area contributed by atoms with E-state index >= 15 is 0 Å². The Morgan fingerprint density at radius 2 is 0.868 bits per heavy atom. The van der Waals surface area contributed by atoms with Gasteiger partial charge in [0.2, 0.25) is 0 Å². The Morgan fingerprint density at radius 1 is 0.358 bits per heavy atom. The van der Waals surface area contributed by atoms with E-state index in [1.54, 1.807) is 0 Å². The van der Waals surface area contributed by atoms with Gasteiger partial charge < -0.3 is 4.90 Å². The van der Waals surface area contributed by atoms with Crippen LogP contribution >= 0.6 is 0 Å². The van der Waals surface area contributed by atoms with Gasteiger partial charge in [-0.1, -0.05) is 184 Å². The van der Waals surface area contributed by atoms with Crippen LogP contribution in [0.1, 0.15) is 47.2 Å². The first-order valence-corrected chi connectivity index (χ1v) is 18.6. The van der Waals surface area contributed by atoms with Crippen LogP contribution in [-0.4, -0.2) is 0 Å². The normalized spacial score (nSPS) is 14.5. The number of para-hydroxylation sites is 1. The number of anilines is 3. The lowest BCUT2D eigenvalue weighted by Crippen LogP contribution is -2.31. The van der Waals surface area contributed by atoms with Crippen molar-refractivity contribution in [1.82, 2.24) is 0 Å². The van der Waals surface area contributed by atoms with Crippen molar-refractivity contribution in [1.29, 1.82) is 0 Å². The zero-order chi connectivity index (χ0) is 35.6.